The van der Waals surface area contributed by atoms with E-state index in [0.29, 0.717) is 34.5 Å². The van der Waals surface area contributed by atoms with Crippen LogP contribution in [0.1, 0.15) is 44.4 Å². The molecule has 2 heterocycles. The van der Waals surface area contributed by atoms with Crippen molar-refractivity contribution in [3.8, 4) is 0 Å². The maximum atomic E-state index is 12.8. The van der Waals surface area contributed by atoms with Crippen molar-refractivity contribution in [3.05, 3.63) is 34.2 Å². The van der Waals surface area contributed by atoms with Crippen LogP contribution < -0.4 is 15.5 Å². The van der Waals surface area contributed by atoms with Gasteiger partial charge in [0, 0.05) is 43.0 Å². The van der Waals surface area contributed by atoms with Gasteiger partial charge in [-0.3, -0.25) is 0 Å². The van der Waals surface area contributed by atoms with E-state index in [4.69, 9.17) is 21.6 Å². The van der Waals surface area contributed by atoms with Gasteiger partial charge in [-0.05, 0) is 57.9 Å². The lowest BCUT2D eigenvalue weighted by Gasteiger charge is -2.30. The van der Waals surface area contributed by atoms with Gasteiger partial charge >= 0.3 is 0 Å². The maximum absolute atomic E-state index is 12.8. The monoisotopic (exact) mass is 567 g/mol. The number of halogens is 1. The molecule has 1 saturated carbocycles. The fraction of sp³-hybridized carbons (Fsp3) is 0.520. The highest BCUT2D eigenvalue weighted by atomic mass is 35.5. The summed E-state index contributed by atoms with van der Waals surface area (Å²) < 4.78 is 26.4. The number of thiophene rings is 1. The molecule has 1 aliphatic rings. The number of hydrogen-bond donors (Lipinski definition) is 2. The smallest absolute Gasteiger partial charge is 0.225 e. The average Bonchev–Trinajstić information content (AvgIpc) is 3.18. The van der Waals surface area contributed by atoms with Crippen LogP contribution in [0.5, 0.6) is 0 Å². The number of nitrogens with one attached hydrogen (secondary N) is 2. The number of fused-ring (bicyclic) bond motifs is 1. The van der Waals surface area contributed by atoms with Gasteiger partial charge in [-0.1, -0.05) is 23.7 Å². The summed E-state index contributed by atoms with van der Waals surface area (Å²) in [6.07, 6.45) is 5.94. The van der Waals surface area contributed by atoms with E-state index in [-0.39, 0.29) is 0 Å². The molecule has 0 bridgehead atoms. The summed E-state index contributed by atoms with van der Waals surface area (Å²) in [4.78, 5) is 12.7. The first-order valence-corrected chi connectivity index (χ1v) is 16.1. The normalized spacial score (nSPS) is 18.6. The Kier molecular flexibility index (Phi) is 8.71. The molecule has 196 valence electrons. The van der Waals surface area contributed by atoms with Crippen molar-refractivity contribution < 1.29 is 8.42 Å². The Balaban J connectivity index is 1.37. The number of benzene rings is 1. The summed E-state index contributed by atoms with van der Waals surface area (Å²) in [5.41, 5.74) is 0.936. The lowest BCUT2D eigenvalue weighted by Crippen LogP contribution is -2.36. The van der Waals surface area contributed by atoms with Gasteiger partial charge in [0.2, 0.25) is 5.95 Å². The number of sulfone groups is 1. The van der Waals surface area contributed by atoms with E-state index in [2.05, 4.69) is 16.7 Å². The van der Waals surface area contributed by atoms with Crippen LogP contribution >= 0.6 is 34.7 Å². The van der Waals surface area contributed by atoms with Gasteiger partial charge in [0.05, 0.1) is 20.0 Å². The molecule has 11 heteroatoms. The molecule has 4 rings (SSSR count). The number of hydrogen-bond acceptors (Lipinski definition) is 9. The third kappa shape index (κ3) is 5.78. The number of para-hydroxylation sites is 1. The number of aromatic nitrogens is 2. The zero-order valence-corrected chi connectivity index (χ0v) is 24.5. The van der Waals surface area contributed by atoms with E-state index >= 15 is 0 Å². The van der Waals surface area contributed by atoms with Crippen LogP contribution in [-0.2, 0) is 16.4 Å². The van der Waals surface area contributed by atoms with E-state index in [1.807, 2.05) is 43.5 Å². The Morgan fingerprint density at radius 3 is 2.44 bits per heavy atom. The van der Waals surface area contributed by atoms with Gasteiger partial charge in [0.15, 0.2) is 9.84 Å². The van der Waals surface area contributed by atoms with Gasteiger partial charge in [0.25, 0.3) is 0 Å². The van der Waals surface area contributed by atoms with Crippen LogP contribution in [0, 0.1) is 0 Å². The molecule has 2 N–H and O–H groups in total. The number of nitrogens with zero attached hydrogens (tertiary/aromatic N) is 3. The van der Waals surface area contributed by atoms with Gasteiger partial charge in [-0.15, -0.1) is 23.1 Å². The van der Waals surface area contributed by atoms with Crippen molar-refractivity contribution in [3.63, 3.8) is 0 Å². The zero-order valence-electron chi connectivity index (χ0n) is 21.3. The highest BCUT2D eigenvalue weighted by Crippen LogP contribution is 2.43. The van der Waals surface area contributed by atoms with Crippen molar-refractivity contribution in [2.24, 2.45) is 0 Å². The first-order chi connectivity index (χ1) is 17.1. The molecule has 1 aliphatic carbocycles. The second kappa shape index (κ2) is 11.4. The van der Waals surface area contributed by atoms with E-state index in [0.717, 1.165) is 51.5 Å². The molecular weight excluding hydrogens is 534 g/mol. The lowest BCUT2D eigenvalue weighted by atomic mass is 9.91. The summed E-state index contributed by atoms with van der Waals surface area (Å²) in [5, 5.41) is 8.09. The molecule has 36 heavy (non-hydrogen) atoms. The fourth-order valence-corrected chi connectivity index (χ4v) is 9.08. The third-order valence-corrected chi connectivity index (χ3v) is 12.0. The predicted octanol–water partition coefficient (Wildman–Crippen LogP) is 5.83. The second-order valence-electron chi connectivity index (χ2n) is 9.61. The van der Waals surface area contributed by atoms with Crippen LogP contribution in [0.25, 0.3) is 10.9 Å². The minimum absolute atomic E-state index is 0.300. The zero-order chi connectivity index (χ0) is 26.0. The van der Waals surface area contributed by atoms with Crippen molar-refractivity contribution in [1.82, 2.24) is 15.3 Å². The quantitative estimate of drug-likeness (QED) is 0.312. The first-order valence-electron chi connectivity index (χ1n) is 12.1. The van der Waals surface area contributed by atoms with Crippen LogP contribution in [0.3, 0.4) is 0 Å². The molecular formula is C25H34ClN5O2S3. The Hall–Kier alpha value is -1.59. The van der Waals surface area contributed by atoms with Crippen molar-refractivity contribution in [1.29, 1.82) is 0 Å². The lowest BCUT2D eigenvalue weighted by molar-refractivity contribution is 0.353. The van der Waals surface area contributed by atoms with Gasteiger partial charge < -0.3 is 15.5 Å². The highest BCUT2D eigenvalue weighted by molar-refractivity contribution is 8.01. The molecule has 2 aromatic heterocycles. The molecule has 0 unspecified atom stereocenters. The standard InChI is InChI=1S/C25H34ClN5O2S3/c1-15(2)36(32,33)22-21(26)20(35-24(22)34-5)14-27-16-10-12-17(13-11-16)28-25-29-19-9-7-6-8-18(19)23(30-25)31(3)4/h6-9,15-17,27H,10-14H2,1-5H3,(H,28,29,30). The number of thioether (sulfide) groups is 1. The Labute approximate surface area is 227 Å². The highest BCUT2D eigenvalue weighted by Gasteiger charge is 2.30. The van der Waals surface area contributed by atoms with Crippen molar-refractivity contribution in [2.45, 2.75) is 72.5 Å². The first kappa shape index (κ1) is 27.4. The van der Waals surface area contributed by atoms with E-state index in [9.17, 15) is 8.42 Å². The van der Waals surface area contributed by atoms with Crippen molar-refractivity contribution >= 4 is 67.2 Å². The molecule has 3 aromatic rings. The van der Waals surface area contributed by atoms with E-state index in [1.54, 1.807) is 13.8 Å². The third-order valence-electron chi connectivity index (χ3n) is 6.55. The van der Waals surface area contributed by atoms with Crippen LogP contribution in [-0.4, -0.2) is 56.1 Å². The van der Waals surface area contributed by atoms with Crippen LogP contribution in [0.4, 0.5) is 11.8 Å². The fourth-order valence-electron chi connectivity index (χ4n) is 4.47. The molecule has 0 spiro atoms. The van der Waals surface area contributed by atoms with E-state index < -0.39 is 15.1 Å². The second-order valence-corrected chi connectivity index (χ2v) is 14.6. The van der Waals surface area contributed by atoms with E-state index in [1.165, 1.54) is 23.1 Å². The number of anilines is 2. The molecule has 0 radical (unpaired) electrons. The minimum atomic E-state index is -3.43. The summed E-state index contributed by atoms with van der Waals surface area (Å²) in [6, 6.07) is 8.75. The molecule has 0 aliphatic heterocycles. The SMILES string of the molecule is CSc1sc(CNC2CCC(Nc3nc(N(C)C)c4ccccc4n3)CC2)c(Cl)c1S(=O)(=O)C(C)C. The van der Waals surface area contributed by atoms with Crippen molar-refractivity contribution in [2.75, 3.05) is 30.6 Å². The molecule has 7 nitrogen and oxygen atoms in total. The molecule has 1 aromatic carbocycles. The molecule has 0 saturated heterocycles. The van der Waals surface area contributed by atoms with Crippen LogP contribution in [0.2, 0.25) is 5.02 Å². The maximum Gasteiger partial charge on any atom is 0.225 e. The summed E-state index contributed by atoms with van der Waals surface area (Å²) in [5.74, 6) is 1.58. The number of rotatable bonds is 9. The molecule has 0 atom stereocenters. The predicted molar refractivity (Wildman–Crippen MR) is 154 cm³/mol. The average molecular weight is 568 g/mol. The molecule has 1 fully saturated rings. The van der Waals surface area contributed by atoms with Gasteiger partial charge in [-0.25, -0.2) is 13.4 Å². The summed E-state index contributed by atoms with van der Waals surface area (Å²) in [7, 11) is 0.572. The Morgan fingerprint density at radius 2 is 1.81 bits per heavy atom. The Morgan fingerprint density at radius 1 is 1.14 bits per heavy atom. The van der Waals surface area contributed by atoms with Crippen LogP contribution in [0.15, 0.2) is 33.4 Å². The summed E-state index contributed by atoms with van der Waals surface area (Å²) >= 11 is 9.52. The summed E-state index contributed by atoms with van der Waals surface area (Å²) in [6.45, 7) is 3.97. The topological polar surface area (TPSA) is 87.2 Å². The van der Waals surface area contributed by atoms with Gasteiger partial charge in [-0.2, -0.15) is 4.98 Å². The van der Waals surface area contributed by atoms with Gasteiger partial charge in [0.1, 0.15) is 10.7 Å². The minimum Gasteiger partial charge on any atom is -0.362 e. The Bertz CT molecular complexity index is 1320. The largest absolute Gasteiger partial charge is 0.362 e. The molecule has 0 amide bonds.